The Labute approximate surface area is 491 Å². The van der Waals surface area contributed by atoms with Crippen LogP contribution in [0, 0.1) is 11.8 Å². The van der Waals surface area contributed by atoms with E-state index in [1.54, 1.807) is 0 Å². The van der Waals surface area contributed by atoms with E-state index in [1.165, 1.54) is 302 Å². The second kappa shape index (κ2) is 68.3. The number of aliphatic hydroxyl groups excluding tert-OH is 2. The van der Waals surface area contributed by atoms with Gasteiger partial charge in [-0.3, -0.25) is 14.4 Å². The number of aliphatic carboxylic acids is 1. The smallest absolute Gasteiger partial charge is 0.308 e. The Balaban J connectivity index is 0. The van der Waals surface area contributed by atoms with Gasteiger partial charge in [0.1, 0.15) is 12.7 Å². The Hall–Kier alpha value is -2.19. The number of carbonyl (C=O) groups is 3. The van der Waals surface area contributed by atoms with Crippen LogP contribution < -0.4 is 0 Å². The molecule has 0 rings (SSSR count). The Bertz CT molecular complexity index is 1280. The molecule has 8 nitrogen and oxygen atoms in total. The maximum atomic E-state index is 13.3. The Kier molecular flexibility index (Phi) is 68.2. The number of unbranched alkanes of at least 4 members (excludes halogenated alkanes) is 43. The van der Waals surface area contributed by atoms with Crippen LogP contribution in [0.4, 0.5) is 0 Å². The zero-order valence-electron chi connectivity index (χ0n) is 53.2. The van der Waals surface area contributed by atoms with E-state index in [0.717, 1.165) is 25.2 Å². The molecule has 8 heteroatoms. The molecule has 0 fully saturated rings. The van der Waals surface area contributed by atoms with Crippen molar-refractivity contribution in [3.8, 4) is 0 Å². The van der Waals surface area contributed by atoms with Gasteiger partial charge in [0.25, 0.3) is 0 Å². The predicted molar refractivity (Wildman–Crippen MR) is 340 cm³/mol. The highest BCUT2D eigenvalue weighted by Crippen LogP contribution is 2.23. The van der Waals surface area contributed by atoms with Gasteiger partial charge in [-0.05, 0) is 89.4 Å². The SMILES string of the molecule is CCCCCCCC/C=C\CCCCCCCCCCCCOC(=O)C(CCCCCCCCCC/C=C\CCCCCCCC)CCCCCCCCCCCCCCCC(C)C.O=C(O)CCCCC(=O)OCC(O)CO. The Morgan fingerprint density at radius 3 is 1.01 bits per heavy atom. The number of hydrogen-bond acceptors (Lipinski definition) is 7. The van der Waals surface area contributed by atoms with E-state index in [1.807, 2.05) is 0 Å². The summed E-state index contributed by atoms with van der Waals surface area (Å²) in [4.78, 5) is 34.4. The summed E-state index contributed by atoms with van der Waals surface area (Å²) in [5.41, 5.74) is 0. The standard InChI is InChI=1S/C62H120O2.C9H16O6/c1-5-7-9-11-13-15-17-19-21-23-25-26-28-30-35-39-43-47-51-55-59-64-62(63)61(58-54-50-46-42-38-34-31-32-36-40-44-48-52-56-60(3)4)57-53-49-45-41-37-33-29-27-24-22-20-18-16-14-12-10-8-6-2;10-5-7(11)6-15-9(14)4-2-1-3-8(12)13/h19-22,60-61H,5-18,23-59H2,1-4H3;7,10-11H,1-6H2,(H,12,13)/b21-19-,22-20-;. The summed E-state index contributed by atoms with van der Waals surface area (Å²) < 4.78 is 10.6. The quantitative estimate of drug-likeness (QED) is 0.0312. The van der Waals surface area contributed by atoms with Gasteiger partial charge in [-0.15, -0.1) is 0 Å². The number of hydrogen-bond donors (Lipinski definition) is 3. The fourth-order valence-electron chi connectivity index (χ4n) is 10.5. The molecule has 0 amide bonds. The summed E-state index contributed by atoms with van der Waals surface area (Å²) in [5, 5.41) is 25.6. The van der Waals surface area contributed by atoms with E-state index in [9.17, 15) is 14.4 Å². The van der Waals surface area contributed by atoms with E-state index in [4.69, 9.17) is 20.1 Å². The number of allylic oxidation sites excluding steroid dienone is 4. The van der Waals surface area contributed by atoms with Crippen LogP contribution in [-0.4, -0.2) is 59.2 Å². The van der Waals surface area contributed by atoms with Gasteiger partial charge in [0.05, 0.1) is 19.1 Å². The number of ether oxygens (including phenoxy) is 2. The van der Waals surface area contributed by atoms with Crippen LogP contribution in [0.15, 0.2) is 24.3 Å². The molecular weight excluding hydrogens is 981 g/mol. The molecule has 468 valence electrons. The average molecular weight is 1120 g/mol. The van der Waals surface area contributed by atoms with Gasteiger partial charge in [-0.1, -0.05) is 302 Å². The minimum Gasteiger partial charge on any atom is -0.481 e. The molecule has 0 aromatic rings. The van der Waals surface area contributed by atoms with E-state index < -0.39 is 24.6 Å². The maximum Gasteiger partial charge on any atom is 0.308 e. The lowest BCUT2D eigenvalue weighted by Gasteiger charge is -2.16. The summed E-state index contributed by atoms with van der Waals surface area (Å²) in [5.74, 6) is -0.270. The molecule has 0 aliphatic carbocycles. The van der Waals surface area contributed by atoms with Crippen LogP contribution in [0.1, 0.15) is 374 Å². The third-order valence-corrected chi connectivity index (χ3v) is 15.8. The first-order valence-corrected chi connectivity index (χ1v) is 34.8. The second-order valence-corrected chi connectivity index (χ2v) is 24.3. The molecule has 0 saturated carbocycles. The molecule has 0 heterocycles. The number of esters is 2. The number of carbonyl (C=O) groups excluding carboxylic acids is 2. The molecular formula is C71H136O8. The molecule has 2 atom stereocenters. The van der Waals surface area contributed by atoms with Gasteiger partial charge in [-0.2, -0.15) is 0 Å². The number of carboxylic acids is 1. The molecule has 0 spiro atoms. The van der Waals surface area contributed by atoms with Crippen molar-refractivity contribution in [2.24, 2.45) is 11.8 Å². The first kappa shape index (κ1) is 78.9. The van der Waals surface area contributed by atoms with Crippen molar-refractivity contribution in [1.82, 2.24) is 0 Å². The minimum atomic E-state index is -1.05. The summed E-state index contributed by atoms with van der Waals surface area (Å²) in [6, 6.07) is 0. The maximum absolute atomic E-state index is 13.3. The zero-order valence-corrected chi connectivity index (χ0v) is 53.2. The molecule has 0 saturated heterocycles. The third-order valence-electron chi connectivity index (χ3n) is 15.8. The zero-order chi connectivity index (χ0) is 58.0. The van der Waals surface area contributed by atoms with Crippen LogP contribution >= 0.6 is 0 Å². The fourth-order valence-corrected chi connectivity index (χ4v) is 10.5. The van der Waals surface area contributed by atoms with Gasteiger partial charge < -0.3 is 24.8 Å². The van der Waals surface area contributed by atoms with Crippen molar-refractivity contribution in [3.05, 3.63) is 24.3 Å². The average Bonchev–Trinajstić information content (AvgIpc) is 3.43. The van der Waals surface area contributed by atoms with Crippen molar-refractivity contribution >= 4 is 17.9 Å². The van der Waals surface area contributed by atoms with Gasteiger partial charge in [-0.25, -0.2) is 0 Å². The summed E-state index contributed by atoms with van der Waals surface area (Å²) in [6.07, 6.45) is 77.0. The molecule has 0 radical (unpaired) electrons. The van der Waals surface area contributed by atoms with E-state index in [-0.39, 0.29) is 31.3 Å². The Morgan fingerprint density at radius 1 is 0.380 bits per heavy atom. The van der Waals surface area contributed by atoms with E-state index in [2.05, 4.69) is 56.7 Å². The lowest BCUT2D eigenvalue weighted by Crippen LogP contribution is -2.21. The van der Waals surface area contributed by atoms with Gasteiger partial charge in [0.15, 0.2) is 0 Å². The molecule has 0 aromatic heterocycles. The highest BCUT2D eigenvalue weighted by Gasteiger charge is 2.19. The first-order chi connectivity index (χ1) is 38.7. The molecule has 2 unspecified atom stereocenters. The summed E-state index contributed by atoms with van der Waals surface area (Å²) in [6.45, 7) is 9.24. The first-order valence-electron chi connectivity index (χ1n) is 34.8. The lowest BCUT2D eigenvalue weighted by atomic mass is 9.94. The predicted octanol–water partition coefficient (Wildman–Crippen LogP) is 22.0. The van der Waals surface area contributed by atoms with Crippen LogP contribution in [-0.2, 0) is 23.9 Å². The normalized spacial score (nSPS) is 12.4. The van der Waals surface area contributed by atoms with Crippen molar-refractivity contribution in [1.29, 1.82) is 0 Å². The van der Waals surface area contributed by atoms with Crippen LogP contribution in [0.25, 0.3) is 0 Å². The topological polar surface area (TPSA) is 130 Å². The summed E-state index contributed by atoms with van der Waals surface area (Å²) >= 11 is 0. The molecule has 79 heavy (non-hydrogen) atoms. The number of aliphatic hydroxyl groups is 2. The van der Waals surface area contributed by atoms with Gasteiger partial charge in [0, 0.05) is 12.8 Å². The van der Waals surface area contributed by atoms with Crippen molar-refractivity contribution < 1.29 is 39.2 Å². The van der Waals surface area contributed by atoms with Crippen LogP contribution in [0.2, 0.25) is 0 Å². The second-order valence-electron chi connectivity index (χ2n) is 24.3. The molecule has 0 aromatic carbocycles. The number of carboxylic acid groups (broad SMARTS) is 1. The van der Waals surface area contributed by atoms with E-state index >= 15 is 0 Å². The Morgan fingerprint density at radius 2 is 0.684 bits per heavy atom. The molecule has 3 N–H and O–H groups in total. The monoisotopic (exact) mass is 1120 g/mol. The number of rotatable bonds is 63. The molecule has 0 aliphatic rings. The van der Waals surface area contributed by atoms with Crippen molar-refractivity contribution in [2.75, 3.05) is 19.8 Å². The van der Waals surface area contributed by atoms with Crippen molar-refractivity contribution in [2.45, 2.75) is 381 Å². The van der Waals surface area contributed by atoms with E-state index in [0.29, 0.717) is 19.4 Å². The van der Waals surface area contributed by atoms with Gasteiger partial charge >= 0.3 is 17.9 Å². The lowest BCUT2D eigenvalue weighted by molar-refractivity contribution is -0.149. The molecule has 0 bridgehead atoms. The fraction of sp³-hybridized carbons (Fsp3) is 0.901. The molecule has 0 aliphatic heterocycles. The van der Waals surface area contributed by atoms with Gasteiger partial charge in [0.2, 0.25) is 0 Å². The third kappa shape index (κ3) is 70.0. The van der Waals surface area contributed by atoms with Crippen LogP contribution in [0.3, 0.4) is 0 Å². The summed E-state index contributed by atoms with van der Waals surface area (Å²) in [7, 11) is 0. The largest absolute Gasteiger partial charge is 0.481 e. The van der Waals surface area contributed by atoms with Crippen LogP contribution in [0.5, 0.6) is 0 Å². The highest BCUT2D eigenvalue weighted by atomic mass is 16.5. The highest BCUT2D eigenvalue weighted by molar-refractivity contribution is 5.72. The minimum absolute atomic E-state index is 0.0343. The van der Waals surface area contributed by atoms with Crippen molar-refractivity contribution in [3.63, 3.8) is 0 Å².